The SMILES string of the molecule is CC(=O)c1cc2c(Br)csc2s1. The quantitative estimate of drug-likeness (QED) is 0.711. The molecule has 0 aliphatic rings. The third-order valence-corrected chi connectivity index (χ3v) is 4.89. The Hall–Kier alpha value is -0.190. The highest BCUT2D eigenvalue weighted by atomic mass is 79.9. The Morgan fingerprint density at radius 1 is 1.58 bits per heavy atom. The number of carbonyl (C=O) groups excluding carboxylic acids is 1. The molecule has 4 heteroatoms. The molecule has 2 rings (SSSR count). The van der Waals surface area contributed by atoms with Crippen LogP contribution in [-0.4, -0.2) is 5.78 Å². The van der Waals surface area contributed by atoms with Crippen LogP contribution in [0.2, 0.25) is 0 Å². The monoisotopic (exact) mass is 260 g/mol. The maximum absolute atomic E-state index is 11.0. The van der Waals surface area contributed by atoms with Crippen LogP contribution >= 0.6 is 38.6 Å². The summed E-state index contributed by atoms with van der Waals surface area (Å²) in [6.07, 6.45) is 0. The Morgan fingerprint density at radius 2 is 2.33 bits per heavy atom. The van der Waals surface area contributed by atoms with Gasteiger partial charge in [0.15, 0.2) is 5.78 Å². The van der Waals surface area contributed by atoms with Crippen molar-refractivity contribution in [2.24, 2.45) is 0 Å². The molecule has 0 N–H and O–H groups in total. The van der Waals surface area contributed by atoms with E-state index < -0.39 is 0 Å². The molecule has 1 nitrogen and oxygen atoms in total. The zero-order chi connectivity index (χ0) is 8.72. The van der Waals surface area contributed by atoms with E-state index in [0.29, 0.717) is 0 Å². The molecule has 0 aliphatic heterocycles. The Kier molecular flexibility index (Phi) is 2.06. The van der Waals surface area contributed by atoms with Crippen molar-refractivity contribution in [1.82, 2.24) is 0 Å². The first-order chi connectivity index (χ1) is 5.68. The molecule has 0 unspecified atom stereocenters. The number of rotatable bonds is 1. The molecule has 2 aromatic heterocycles. The van der Waals surface area contributed by atoms with Crippen LogP contribution in [0.25, 0.3) is 9.40 Å². The number of carbonyl (C=O) groups is 1. The number of Topliss-reactive ketones (excluding diaryl/α,β-unsaturated/α-hetero) is 1. The second-order valence-electron chi connectivity index (χ2n) is 2.45. The summed E-state index contributed by atoms with van der Waals surface area (Å²) in [5.74, 6) is 0.148. The van der Waals surface area contributed by atoms with Gasteiger partial charge in [0.25, 0.3) is 0 Å². The Labute approximate surface area is 86.2 Å². The second-order valence-corrected chi connectivity index (χ2v) is 5.50. The third kappa shape index (κ3) is 1.24. The van der Waals surface area contributed by atoms with Crippen LogP contribution in [0.15, 0.2) is 15.9 Å². The highest BCUT2D eigenvalue weighted by Gasteiger charge is 2.09. The predicted octanol–water partition coefficient (Wildman–Crippen LogP) is 3.93. The largest absolute Gasteiger partial charge is 0.294 e. The number of hydrogen-bond acceptors (Lipinski definition) is 3. The van der Waals surface area contributed by atoms with Crippen molar-refractivity contribution in [3.63, 3.8) is 0 Å². The lowest BCUT2D eigenvalue weighted by Gasteiger charge is -1.82. The average molecular weight is 261 g/mol. The maximum atomic E-state index is 11.0. The molecule has 2 aromatic rings. The van der Waals surface area contributed by atoms with E-state index in [2.05, 4.69) is 15.9 Å². The summed E-state index contributed by atoms with van der Waals surface area (Å²) in [7, 11) is 0. The molecule has 2 heterocycles. The number of fused-ring (bicyclic) bond motifs is 1. The summed E-state index contributed by atoms with van der Waals surface area (Å²) in [4.78, 5) is 11.9. The predicted molar refractivity (Wildman–Crippen MR) is 57.4 cm³/mol. The molecule has 0 amide bonds. The molecule has 0 saturated carbocycles. The van der Waals surface area contributed by atoms with Crippen LogP contribution in [0.5, 0.6) is 0 Å². The van der Waals surface area contributed by atoms with Crippen LogP contribution < -0.4 is 0 Å². The van der Waals surface area contributed by atoms with E-state index in [1.54, 1.807) is 29.6 Å². The normalized spacial score (nSPS) is 10.8. The van der Waals surface area contributed by atoms with E-state index in [0.717, 1.165) is 14.7 Å². The van der Waals surface area contributed by atoms with Gasteiger partial charge in [-0.3, -0.25) is 4.79 Å². The fourth-order valence-electron chi connectivity index (χ4n) is 0.971. The molecule has 0 spiro atoms. The minimum atomic E-state index is 0.148. The third-order valence-electron chi connectivity index (χ3n) is 1.57. The van der Waals surface area contributed by atoms with Crippen molar-refractivity contribution in [1.29, 1.82) is 0 Å². The highest BCUT2D eigenvalue weighted by Crippen LogP contribution is 2.36. The van der Waals surface area contributed by atoms with E-state index in [9.17, 15) is 4.79 Å². The van der Waals surface area contributed by atoms with Gasteiger partial charge in [0, 0.05) is 15.2 Å². The lowest BCUT2D eigenvalue weighted by atomic mass is 10.3. The van der Waals surface area contributed by atoms with Crippen LogP contribution in [0.1, 0.15) is 16.6 Å². The lowest BCUT2D eigenvalue weighted by Crippen LogP contribution is -1.83. The van der Waals surface area contributed by atoms with Crippen molar-refractivity contribution in [3.8, 4) is 0 Å². The summed E-state index contributed by atoms with van der Waals surface area (Å²) < 4.78 is 2.30. The van der Waals surface area contributed by atoms with Gasteiger partial charge in [-0.2, -0.15) is 0 Å². The zero-order valence-electron chi connectivity index (χ0n) is 6.26. The Bertz CT molecular complexity index is 441. The van der Waals surface area contributed by atoms with Gasteiger partial charge in [-0.25, -0.2) is 0 Å². The van der Waals surface area contributed by atoms with Gasteiger partial charge >= 0.3 is 0 Å². The molecule has 0 aromatic carbocycles. The van der Waals surface area contributed by atoms with Crippen molar-refractivity contribution >= 4 is 53.8 Å². The van der Waals surface area contributed by atoms with E-state index >= 15 is 0 Å². The van der Waals surface area contributed by atoms with Crippen LogP contribution in [0, 0.1) is 0 Å². The first-order valence-corrected chi connectivity index (χ1v) is 5.85. The number of thiophene rings is 2. The van der Waals surface area contributed by atoms with Crippen LogP contribution in [0.4, 0.5) is 0 Å². The summed E-state index contributed by atoms with van der Waals surface area (Å²) in [6, 6.07) is 1.95. The van der Waals surface area contributed by atoms with Crippen LogP contribution in [0.3, 0.4) is 0 Å². The van der Waals surface area contributed by atoms with Gasteiger partial charge in [-0.1, -0.05) is 0 Å². The first-order valence-electron chi connectivity index (χ1n) is 3.36. The molecular formula is C8H5BrOS2. The van der Waals surface area contributed by atoms with E-state index in [-0.39, 0.29) is 5.78 Å². The number of hydrogen-bond donors (Lipinski definition) is 0. The van der Waals surface area contributed by atoms with E-state index in [1.165, 1.54) is 4.01 Å². The zero-order valence-corrected chi connectivity index (χ0v) is 9.48. The molecular weight excluding hydrogens is 256 g/mol. The molecule has 0 fully saturated rings. The smallest absolute Gasteiger partial charge is 0.169 e. The fraction of sp³-hybridized carbons (Fsp3) is 0.125. The molecule has 12 heavy (non-hydrogen) atoms. The Balaban J connectivity index is 2.70. The fourth-order valence-corrected chi connectivity index (χ4v) is 3.86. The molecule has 0 radical (unpaired) electrons. The van der Waals surface area contributed by atoms with Gasteiger partial charge in [0.2, 0.25) is 0 Å². The summed E-state index contributed by atoms with van der Waals surface area (Å²) in [5.41, 5.74) is 0. The highest BCUT2D eigenvalue weighted by molar-refractivity contribution is 9.10. The van der Waals surface area contributed by atoms with Gasteiger partial charge in [0.1, 0.15) is 0 Å². The second kappa shape index (κ2) is 2.94. The summed E-state index contributed by atoms with van der Waals surface area (Å²) in [6.45, 7) is 1.60. The van der Waals surface area contributed by atoms with Crippen molar-refractivity contribution in [2.45, 2.75) is 6.92 Å². The molecule has 0 bridgehead atoms. The maximum Gasteiger partial charge on any atom is 0.169 e. The summed E-state index contributed by atoms with van der Waals surface area (Å²) in [5, 5.41) is 3.21. The van der Waals surface area contributed by atoms with Gasteiger partial charge in [-0.05, 0) is 28.9 Å². The van der Waals surface area contributed by atoms with Crippen molar-refractivity contribution < 1.29 is 4.79 Å². The van der Waals surface area contributed by atoms with E-state index in [1.807, 2.05) is 11.4 Å². The topological polar surface area (TPSA) is 17.1 Å². The van der Waals surface area contributed by atoms with Gasteiger partial charge in [0.05, 0.1) is 8.89 Å². The molecule has 0 aliphatic carbocycles. The van der Waals surface area contributed by atoms with Crippen molar-refractivity contribution in [3.05, 3.63) is 20.8 Å². The van der Waals surface area contributed by atoms with Crippen LogP contribution in [-0.2, 0) is 0 Å². The lowest BCUT2D eigenvalue weighted by molar-refractivity contribution is 0.102. The van der Waals surface area contributed by atoms with Gasteiger partial charge in [-0.15, -0.1) is 22.7 Å². The average Bonchev–Trinajstić information content (AvgIpc) is 2.53. The minimum Gasteiger partial charge on any atom is -0.294 e. The molecule has 0 saturated heterocycles. The Morgan fingerprint density at radius 3 is 2.92 bits per heavy atom. The van der Waals surface area contributed by atoms with E-state index in [4.69, 9.17) is 0 Å². The first kappa shape index (κ1) is 8.41. The molecule has 0 atom stereocenters. The number of ketones is 1. The molecule has 62 valence electrons. The van der Waals surface area contributed by atoms with Crippen molar-refractivity contribution in [2.75, 3.05) is 0 Å². The minimum absolute atomic E-state index is 0.148. The standard InChI is InChI=1S/C8H5BrOS2/c1-4(10)7-2-5-6(9)3-11-8(5)12-7/h2-3H,1H3. The van der Waals surface area contributed by atoms with Gasteiger partial charge < -0.3 is 0 Å². The summed E-state index contributed by atoms with van der Waals surface area (Å²) >= 11 is 6.67. The number of halogens is 1.